The van der Waals surface area contributed by atoms with E-state index in [-0.39, 0.29) is 17.6 Å². The number of nitrogens with one attached hydrogen (secondary N) is 1. The molecule has 6 nitrogen and oxygen atoms in total. The zero-order chi connectivity index (χ0) is 13.7. The molecule has 1 aromatic rings. The van der Waals surface area contributed by atoms with E-state index in [9.17, 15) is 9.59 Å². The zero-order valence-corrected chi connectivity index (χ0v) is 10.8. The topological polar surface area (TPSA) is 82.8 Å². The van der Waals surface area contributed by atoms with Crippen LogP contribution in [0.3, 0.4) is 0 Å². The molecule has 0 aliphatic carbocycles. The minimum absolute atomic E-state index is 0.0208. The van der Waals surface area contributed by atoms with Gasteiger partial charge >= 0.3 is 5.97 Å². The van der Waals surface area contributed by atoms with Gasteiger partial charge in [0, 0.05) is 19.5 Å². The highest BCUT2D eigenvalue weighted by Gasteiger charge is 2.15. The third-order valence-corrected chi connectivity index (χ3v) is 2.58. The number of hydrogen-bond donors (Lipinski definition) is 2. The van der Waals surface area contributed by atoms with Gasteiger partial charge in [-0.25, -0.2) is 4.79 Å². The SMILES string of the molecule is CNC(=O)C(C)CN(C)Cc1ccc(C(=O)O)o1. The van der Waals surface area contributed by atoms with E-state index in [1.165, 1.54) is 6.07 Å². The number of hydrogen-bond acceptors (Lipinski definition) is 4. The first-order valence-corrected chi connectivity index (χ1v) is 5.66. The lowest BCUT2D eigenvalue weighted by molar-refractivity contribution is -0.124. The van der Waals surface area contributed by atoms with Crippen molar-refractivity contribution in [2.75, 3.05) is 20.6 Å². The van der Waals surface area contributed by atoms with Gasteiger partial charge in [0.05, 0.1) is 6.54 Å². The van der Waals surface area contributed by atoms with E-state index in [1.807, 2.05) is 18.9 Å². The number of amides is 1. The summed E-state index contributed by atoms with van der Waals surface area (Å²) >= 11 is 0. The lowest BCUT2D eigenvalue weighted by Gasteiger charge is -2.19. The molecule has 1 unspecified atom stereocenters. The number of carboxylic acids is 1. The summed E-state index contributed by atoms with van der Waals surface area (Å²) in [5.74, 6) is -0.735. The summed E-state index contributed by atoms with van der Waals surface area (Å²) in [4.78, 5) is 23.9. The average molecular weight is 254 g/mol. The summed E-state index contributed by atoms with van der Waals surface area (Å²) in [5.41, 5.74) is 0. The van der Waals surface area contributed by atoms with Gasteiger partial charge in [-0.15, -0.1) is 0 Å². The van der Waals surface area contributed by atoms with Gasteiger partial charge in [0.25, 0.3) is 0 Å². The van der Waals surface area contributed by atoms with Gasteiger partial charge in [0.2, 0.25) is 11.7 Å². The summed E-state index contributed by atoms with van der Waals surface area (Å²) in [6.45, 7) is 2.87. The molecular weight excluding hydrogens is 236 g/mol. The quantitative estimate of drug-likeness (QED) is 0.784. The number of furan rings is 1. The summed E-state index contributed by atoms with van der Waals surface area (Å²) < 4.78 is 5.14. The molecule has 0 radical (unpaired) electrons. The number of nitrogens with zero attached hydrogens (tertiary/aromatic N) is 1. The van der Waals surface area contributed by atoms with Crippen LogP contribution in [0, 0.1) is 5.92 Å². The second kappa shape index (κ2) is 6.20. The molecule has 1 heterocycles. The van der Waals surface area contributed by atoms with E-state index in [0.29, 0.717) is 18.8 Å². The van der Waals surface area contributed by atoms with Gasteiger partial charge in [-0.05, 0) is 19.2 Å². The van der Waals surface area contributed by atoms with Crippen LogP contribution in [0.25, 0.3) is 0 Å². The molecular formula is C12H18N2O4. The van der Waals surface area contributed by atoms with Gasteiger partial charge in [0.1, 0.15) is 5.76 Å². The molecule has 0 saturated heterocycles. The van der Waals surface area contributed by atoms with Crippen LogP contribution in [0.1, 0.15) is 23.2 Å². The molecule has 2 N–H and O–H groups in total. The summed E-state index contributed by atoms with van der Waals surface area (Å²) in [6.07, 6.45) is 0. The maximum Gasteiger partial charge on any atom is 0.371 e. The molecule has 1 aromatic heterocycles. The van der Waals surface area contributed by atoms with Crippen molar-refractivity contribution in [2.45, 2.75) is 13.5 Å². The molecule has 6 heteroatoms. The molecule has 0 spiro atoms. The third kappa shape index (κ3) is 3.89. The Labute approximate surface area is 106 Å². The van der Waals surface area contributed by atoms with Crippen molar-refractivity contribution in [1.82, 2.24) is 10.2 Å². The largest absolute Gasteiger partial charge is 0.475 e. The fourth-order valence-electron chi connectivity index (χ4n) is 1.71. The van der Waals surface area contributed by atoms with Crippen LogP contribution in [0.15, 0.2) is 16.5 Å². The number of carbonyl (C=O) groups is 2. The Hall–Kier alpha value is -1.82. The van der Waals surface area contributed by atoms with E-state index < -0.39 is 5.97 Å². The number of carboxylic acid groups (broad SMARTS) is 1. The Morgan fingerprint density at radius 3 is 2.67 bits per heavy atom. The van der Waals surface area contributed by atoms with Crippen LogP contribution >= 0.6 is 0 Å². The summed E-state index contributed by atoms with van der Waals surface area (Å²) in [6, 6.07) is 3.05. The maximum absolute atomic E-state index is 11.4. The van der Waals surface area contributed by atoms with Crippen molar-refractivity contribution in [1.29, 1.82) is 0 Å². The predicted octanol–water partition coefficient (Wildman–Crippen LogP) is 0.792. The smallest absolute Gasteiger partial charge is 0.371 e. The molecule has 0 aromatic carbocycles. The Bertz CT molecular complexity index is 427. The highest BCUT2D eigenvalue weighted by Crippen LogP contribution is 2.11. The molecule has 18 heavy (non-hydrogen) atoms. The molecule has 0 aliphatic rings. The van der Waals surface area contributed by atoms with Crippen molar-refractivity contribution in [3.63, 3.8) is 0 Å². The second-order valence-corrected chi connectivity index (χ2v) is 4.28. The number of carbonyl (C=O) groups excluding carboxylic acids is 1. The standard InChI is InChI=1S/C12H18N2O4/c1-8(11(15)13-2)6-14(3)7-9-4-5-10(18-9)12(16)17/h4-5,8H,6-7H2,1-3H3,(H,13,15)(H,16,17). The fourth-order valence-corrected chi connectivity index (χ4v) is 1.71. The van der Waals surface area contributed by atoms with E-state index in [0.717, 1.165) is 0 Å². The highest BCUT2D eigenvalue weighted by atomic mass is 16.4. The first-order chi connectivity index (χ1) is 8.43. The van der Waals surface area contributed by atoms with Crippen molar-refractivity contribution in [3.05, 3.63) is 23.7 Å². The van der Waals surface area contributed by atoms with Gasteiger partial charge in [-0.3, -0.25) is 9.69 Å². The van der Waals surface area contributed by atoms with Gasteiger partial charge in [-0.2, -0.15) is 0 Å². The lowest BCUT2D eigenvalue weighted by atomic mass is 10.1. The van der Waals surface area contributed by atoms with Crippen LogP contribution in [0.4, 0.5) is 0 Å². The van der Waals surface area contributed by atoms with E-state index in [1.54, 1.807) is 13.1 Å². The fraction of sp³-hybridized carbons (Fsp3) is 0.500. The average Bonchev–Trinajstić information content (AvgIpc) is 2.76. The second-order valence-electron chi connectivity index (χ2n) is 4.28. The molecule has 100 valence electrons. The molecule has 1 rings (SSSR count). The third-order valence-electron chi connectivity index (χ3n) is 2.58. The number of rotatable bonds is 6. The lowest BCUT2D eigenvalue weighted by Crippen LogP contribution is -2.34. The Morgan fingerprint density at radius 2 is 2.17 bits per heavy atom. The monoisotopic (exact) mass is 254 g/mol. The van der Waals surface area contributed by atoms with Crippen LogP contribution in [0.2, 0.25) is 0 Å². The predicted molar refractivity (Wildman–Crippen MR) is 65.2 cm³/mol. The van der Waals surface area contributed by atoms with Crippen LogP contribution < -0.4 is 5.32 Å². The molecule has 0 saturated carbocycles. The van der Waals surface area contributed by atoms with Gasteiger partial charge in [0.15, 0.2) is 0 Å². The first kappa shape index (κ1) is 14.2. The van der Waals surface area contributed by atoms with E-state index in [2.05, 4.69) is 5.32 Å². The Morgan fingerprint density at radius 1 is 1.50 bits per heavy atom. The van der Waals surface area contributed by atoms with Crippen molar-refractivity contribution in [3.8, 4) is 0 Å². The Kier molecular flexibility index (Phi) is 4.91. The summed E-state index contributed by atoms with van der Waals surface area (Å²) in [5, 5.41) is 11.3. The summed E-state index contributed by atoms with van der Waals surface area (Å²) in [7, 11) is 3.45. The minimum Gasteiger partial charge on any atom is -0.475 e. The van der Waals surface area contributed by atoms with E-state index in [4.69, 9.17) is 9.52 Å². The Balaban J connectivity index is 2.51. The van der Waals surface area contributed by atoms with Crippen LogP contribution in [0.5, 0.6) is 0 Å². The van der Waals surface area contributed by atoms with Crippen LogP contribution in [-0.2, 0) is 11.3 Å². The highest BCUT2D eigenvalue weighted by molar-refractivity contribution is 5.84. The zero-order valence-electron chi connectivity index (χ0n) is 10.8. The normalized spacial score (nSPS) is 12.4. The minimum atomic E-state index is -1.08. The molecule has 1 amide bonds. The molecule has 1 atom stereocenters. The van der Waals surface area contributed by atoms with E-state index >= 15 is 0 Å². The van der Waals surface area contributed by atoms with Gasteiger partial charge in [-0.1, -0.05) is 6.92 Å². The molecule has 0 bridgehead atoms. The van der Waals surface area contributed by atoms with Gasteiger partial charge < -0.3 is 14.8 Å². The first-order valence-electron chi connectivity index (χ1n) is 5.66. The number of aromatic carboxylic acids is 1. The van der Waals surface area contributed by atoms with Crippen molar-refractivity contribution >= 4 is 11.9 Å². The van der Waals surface area contributed by atoms with Crippen molar-refractivity contribution < 1.29 is 19.1 Å². The van der Waals surface area contributed by atoms with Crippen LogP contribution in [-0.4, -0.2) is 42.5 Å². The van der Waals surface area contributed by atoms with Crippen molar-refractivity contribution in [2.24, 2.45) is 5.92 Å². The maximum atomic E-state index is 11.4. The molecule has 0 fully saturated rings. The molecule has 0 aliphatic heterocycles.